The van der Waals surface area contributed by atoms with Crippen LogP contribution in [-0.2, 0) is 9.59 Å². The van der Waals surface area contributed by atoms with Gasteiger partial charge in [0.25, 0.3) is 0 Å². The second-order valence-electron chi connectivity index (χ2n) is 6.27. The SMILES string of the molecule is COc1c(F)c(F)c(-c2cc3c(cc2F)OC(F)(F)C(=O)N3[C@H](C)C(=O)O)c(F)c1F. The predicted octanol–water partition coefficient (Wildman–Crippen LogP) is 3.85. The number of fused-ring (bicyclic) bond motifs is 1. The molecule has 0 radical (unpaired) electrons. The number of ether oxygens (including phenoxy) is 2. The average Bonchev–Trinajstić information content (AvgIpc) is 2.68. The maximum Gasteiger partial charge on any atom is 0.483 e. The number of hydrogen-bond donors (Lipinski definition) is 1. The standard InChI is InChI=1S/C18H10F7NO5/c1-5(16(27)28)26-8-3-6(7(19)4-9(8)31-18(24,25)17(26)29)10-11(20)13(22)15(30-2)14(23)12(10)21/h3-5H,1-2H3,(H,27,28)/t5-/m1/s1. The fourth-order valence-electron chi connectivity index (χ4n) is 2.96. The van der Waals surface area contributed by atoms with Crippen LogP contribution >= 0.6 is 0 Å². The minimum absolute atomic E-state index is 0.00382. The largest absolute Gasteiger partial charge is 0.491 e. The molecule has 1 aliphatic rings. The van der Waals surface area contributed by atoms with Crippen molar-refractivity contribution < 1.29 is 54.9 Å². The van der Waals surface area contributed by atoms with E-state index < -0.39 is 81.4 Å². The number of amides is 1. The van der Waals surface area contributed by atoms with Crippen LogP contribution in [0.1, 0.15) is 6.92 Å². The first-order valence-corrected chi connectivity index (χ1v) is 8.20. The lowest BCUT2D eigenvalue weighted by Crippen LogP contribution is -2.55. The van der Waals surface area contributed by atoms with Crippen LogP contribution in [0.5, 0.6) is 11.5 Å². The zero-order valence-electron chi connectivity index (χ0n) is 15.4. The molecule has 13 heteroatoms. The number of aliphatic carboxylic acids is 1. The number of methoxy groups -OCH3 is 1. The molecule has 1 atom stereocenters. The predicted molar refractivity (Wildman–Crippen MR) is 88.4 cm³/mol. The fourth-order valence-corrected chi connectivity index (χ4v) is 2.96. The lowest BCUT2D eigenvalue weighted by Gasteiger charge is -2.35. The van der Waals surface area contributed by atoms with Gasteiger partial charge in [-0.3, -0.25) is 9.69 Å². The van der Waals surface area contributed by atoms with Crippen molar-refractivity contribution in [2.24, 2.45) is 0 Å². The van der Waals surface area contributed by atoms with Crippen LogP contribution in [0.15, 0.2) is 12.1 Å². The molecular weight excluding hydrogens is 443 g/mol. The number of alkyl halides is 2. The summed E-state index contributed by atoms with van der Waals surface area (Å²) in [5.41, 5.74) is -3.60. The number of carboxylic acids is 1. The molecule has 1 N–H and O–H groups in total. The Morgan fingerprint density at radius 1 is 1.10 bits per heavy atom. The number of halogens is 7. The Balaban J connectivity index is 2.34. The van der Waals surface area contributed by atoms with Gasteiger partial charge in [0.2, 0.25) is 11.6 Å². The Kier molecular flexibility index (Phi) is 5.24. The molecule has 0 unspecified atom stereocenters. The summed E-state index contributed by atoms with van der Waals surface area (Å²) in [6.45, 7) is 0.822. The summed E-state index contributed by atoms with van der Waals surface area (Å²) < 4.78 is 107. The number of benzene rings is 2. The summed E-state index contributed by atoms with van der Waals surface area (Å²) in [6, 6.07) is -1.42. The number of anilines is 1. The minimum atomic E-state index is -4.58. The molecule has 0 saturated carbocycles. The van der Waals surface area contributed by atoms with Crippen LogP contribution in [0.25, 0.3) is 11.1 Å². The highest BCUT2D eigenvalue weighted by Gasteiger charge is 2.53. The highest BCUT2D eigenvalue weighted by Crippen LogP contribution is 2.45. The van der Waals surface area contributed by atoms with Crippen molar-refractivity contribution in [3.8, 4) is 22.6 Å². The molecule has 3 rings (SSSR count). The van der Waals surface area contributed by atoms with E-state index in [1.165, 1.54) is 0 Å². The van der Waals surface area contributed by atoms with Gasteiger partial charge in [-0.2, -0.15) is 17.6 Å². The summed E-state index contributed by atoms with van der Waals surface area (Å²) >= 11 is 0. The first-order chi connectivity index (χ1) is 14.3. The number of carbonyl (C=O) groups excluding carboxylic acids is 1. The van der Waals surface area contributed by atoms with E-state index in [9.17, 15) is 40.3 Å². The van der Waals surface area contributed by atoms with Crippen molar-refractivity contribution in [1.29, 1.82) is 0 Å². The summed E-state index contributed by atoms with van der Waals surface area (Å²) in [7, 11) is 0.716. The van der Waals surface area contributed by atoms with Gasteiger partial charge in [-0.05, 0) is 13.0 Å². The molecule has 6 nitrogen and oxygen atoms in total. The summed E-state index contributed by atoms with van der Waals surface area (Å²) in [6.07, 6.45) is -4.58. The van der Waals surface area contributed by atoms with E-state index in [0.717, 1.165) is 6.92 Å². The second kappa shape index (κ2) is 7.32. The molecule has 0 spiro atoms. The van der Waals surface area contributed by atoms with Crippen LogP contribution in [-0.4, -0.2) is 36.2 Å². The highest BCUT2D eigenvalue weighted by molar-refractivity contribution is 6.05. The van der Waals surface area contributed by atoms with E-state index in [1.807, 2.05) is 0 Å². The molecule has 0 saturated heterocycles. The maximum atomic E-state index is 14.6. The molecule has 0 aliphatic carbocycles. The molecule has 0 fully saturated rings. The number of hydrogen-bond acceptors (Lipinski definition) is 4. The summed E-state index contributed by atoms with van der Waals surface area (Å²) in [5, 5.41) is 9.12. The van der Waals surface area contributed by atoms with Gasteiger partial charge in [-0.1, -0.05) is 0 Å². The third kappa shape index (κ3) is 3.29. The molecule has 2 aromatic carbocycles. The average molecular weight is 453 g/mol. The second-order valence-corrected chi connectivity index (χ2v) is 6.27. The number of nitrogens with zero attached hydrogens (tertiary/aromatic N) is 1. The lowest BCUT2D eigenvalue weighted by molar-refractivity contribution is -0.193. The Morgan fingerprint density at radius 3 is 2.13 bits per heavy atom. The Hall–Kier alpha value is -3.51. The van der Waals surface area contributed by atoms with Gasteiger partial charge >= 0.3 is 18.0 Å². The van der Waals surface area contributed by atoms with E-state index >= 15 is 0 Å². The maximum absolute atomic E-state index is 14.6. The minimum Gasteiger partial charge on any atom is -0.491 e. The van der Waals surface area contributed by atoms with Gasteiger partial charge in [0.1, 0.15) is 11.9 Å². The third-order valence-corrected chi connectivity index (χ3v) is 4.46. The Bertz CT molecular complexity index is 1090. The van der Waals surface area contributed by atoms with Crippen molar-refractivity contribution in [3.05, 3.63) is 41.2 Å². The highest BCUT2D eigenvalue weighted by atomic mass is 19.3. The van der Waals surface area contributed by atoms with Crippen LogP contribution in [0, 0.1) is 29.1 Å². The summed E-state index contributed by atoms with van der Waals surface area (Å²) in [4.78, 5) is 23.3. The van der Waals surface area contributed by atoms with Crippen molar-refractivity contribution in [2.75, 3.05) is 12.0 Å². The van der Waals surface area contributed by atoms with E-state index in [1.54, 1.807) is 0 Å². The van der Waals surface area contributed by atoms with Crippen LogP contribution < -0.4 is 14.4 Å². The van der Waals surface area contributed by atoms with Gasteiger partial charge in [0.15, 0.2) is 23.1 Å². The molecule has 1 aliphatic heterocycles. The van der Waals surface area contributed by atoms with Gasteiger partial charge in [0.05, 0.1) is 18.4 Å². The van der Waals surface area contributed by atoms with Crippen molar-refractivity contribution >= 4 is 17.6 Å². The van der Waals surface area contributed by atoms with E-state index in [4.69, 9.17) is 5.11 Å². The monoisotopic (exact) mass is 453 g/mol. The molecule has 1 amide bonds. The Labute approximate surface area is 168 Å². The van der Waals surface area contributed by atoms with Crippen LogP contribution in [0.2, 0.25) is 0 Å². The van der Waals surface area contributed by atoms with Crippen molar-refractivity contribution in [2.45, 2.75) is 19.1 Å². The number of rotatable bonds is 4. The quantitative estimate of drug-likeness (QED) is 0.563. The van der Waals surface area contributed by atoms with Gasteiger partial charge in [-0.15, -0.1) is 0 Å². The molecular formula is C18H10F7NO5. The van der Waals surface area contributed by atoms with Crippen molar-refractivity contribution in [1.82, 2.24) is 0 Å². The molecule has 2 aromatic rings. The summed E-state index contributed by atoms with van der Waals surface area (Å²) in [5.74, 6) is -16.3. The topological polar surface area (TPSA) is 76.1 Å². The fraction of sp³-hybridized carbons (Fsp3) is 0.222. The van der Waals surface area contributed by atoms with Crippen LogP contribution in [0.3, 0.4) is 0 Å². The van der Waals surface area contributed by atoms with Crippen LogP contribution in [0.4, 0.5) is 36.4 Å². The van der Waals surface area contributed by atoms with Gasteiger partial charge < -0.3 is 14.6 Å². The van der Waals surface area contributed by atoms with Crippen molar-refractivity contribution in [3.63, 3.8) is 0 Å². The zero-order chi connectivity index (χ0) is 23.4. The van der Waals surface area contributed by atoms with Gasteiger partial charge in [-0.25, -0.2) is 18.0 Å². The van der Waals surface area contributed by atoms with Gasteiger partial charge in [0, 0.05) is 11.6 Å². The Morgan fingerprint density at radius 2 is 1.65 bits per heavy atom. The first kappa shape index (κ1) is 22.2. The van der Waals surface area contributed by atoms with E-state index in [-0.39, 0.29) is 11.0 Å². The van der Waals surface area contributed by atoms with E-state index in [0.29, 0.717) is 13.2 Å². The first-order valence-electron chi connectivity index (χ1n) is 8.20. The molecule has 0 bridgehead atoms. The lowest BCUT2D eigenvalue weighted by atomic mass is 10.00. The number of carboxylic acid groups (broad SMARTS) is 1. The third-order valence-electron chi connectivity index (χ3n) is 4.46. The molecule has 0 aromatic heterocycles. The van der Waals surface area contributed by atoms with E-state index in [2.05, 4.69) is 9.47 Å². The number of carbonyl (C=O) groups is 2. The molecule has 1 heterocycles. The zero-order valence-corrected chi connectivity index (χ0v) is 15.4. The normalized spacial score (nSPS) is 15.9. The smallest absolute Gasteiger partial charge is 0.483 e. The molecule has 166 valence electrons. The molecule has 31 heavy (non-hydrogen) atoms.